The maximum atomic E-state index is 13.9. The summed E-state index contributed by atoms with van der Waals surface area (Å²) in [6.45, 7) is 4.38. The van der Waals surface area contributed by atoms with Crippen LogP contribution in [0.2, 0.25) is 0 Å². The number of fused-ring (bicyclic) bond motifs is 2. The zero-order valence-electron chi connectivity index (χ0n) is 17.6. The predicted octanol–water partition coefficient (Wildman–Crippen LogP) is 5.39. The normalized spacial score (nSPS) is 15.3. The van der Waals surface area contributed by atoms with Crippen molar-refractivity contribution >= 4 is 22.6 Å². The zero-order chi connectivity index (χ0) is 22.4. The van der Waals surface area contributed by atoms with Crippen LogP contribution in [0.25, 0.3) is 11.0 Å². The summed E-state index contributed by atoms with van der Waals surface area (Å²) >= 11 is 0. The van der Waals surface area contributed by atoms with Crippen LogP contribution in [0.1, 0.15) is 40.2 Å². The molecule has 1 aromatic heterocycles. The van der Waals surface area contributed by atoms with E-state index in [1.54, 1.807) is 17.0 Å². The first-order valence-electron chi connectivity index (χ1n) is 10.4. The summed E-state index contributed by atoms with van der Waals surface area (Å²) in [6.07, 6.45) is 0. The lowest BCUT2D eigenvalue weighted by atomic mass is 9.98. The van der Waals surface area contributed by atoms with Crippen LogP contribution in [0.4, 0.5) is 10.1 Å². The fraction of sp³-hybridized carbons (Fsp3) is 0.154. The summed E-state index contributed by atoms with van der Waals surface area (Å²) in [4.78, 5) is 28.5. The Labute approximate surface area is 183 Å². The number of rotatable bonds is 4. The summed E-state index contributed by atoms with van der Waals surface area (Å²) in [7, 11) is 0. The molecule has 4 aromatic rings. The Morgan fingerprint density at radius 3 is 2.41 bits per heavy atom. The zero-order valence-corrected chi connectivity index (χ0v) is 17.6. The van der Waals surface area contributed by atoms with Crippen molar-refractivity contribution in [1.29, 1.82) is 0 Å². The molecule has 0 saturated heterocycles. The molecular formula is C26H20FNO4. The summed E-state index contributed by atoms with van der Waals surface area (Å²) in [5, 5.41) is 0.109. The molecule has 0 N–H and O–H groups in total. The van der Waals surface area contributed by atoms with Gasteiger partial charge in [-0.2, -0.15) is 0 Å². The molecule has 1 unspecified atom stereocenters. The molecule has 0 saturated carbocycles. The SMILES string of the molecule is CCOc1ccc(C2c3c(oc4ccc(F)cc4c3=O)C(=O)N2c2ccc(C)cc2)cc1. The van der Waals surface area contributed by atoms with Crippen LogP contribution in [0.15, 0.2) is 75.9 Å². The van der Waals surface area contributed by atoms with E-state index in [0.717, 1.165) is 17.2 Å². The van der Waals surface area contributed by atoms with Gasteiger partial charge in [0.15, 0.2) is 5.43 Å². The number of benzene rings is 3. The highest BCUT2D eigenvalue weighted by atomic mass is 19.1. The van der Waals surface area contributed by atoms with Crippen molar-refractivity contribution in [1.82, 2.24) is 0 Å². The third-order valence-electron chi connectivity index (χ3n) is 5.65. The highest BCUT2D eigenvalue weighted by Gasteiger charge is 2.43. The van der Waals surface area contributed by atoms with Gasteiger partial charge >= 0.3 is 0 Å². The van der Waals surface area contributed by atoms with E-state index < -0.39 is 23.2 Å². The number of carbonyl (C=O) groups excluding carboxylic acids is 1. The summed E-state index contributed by atoms with van der Waals surface area (Å²) < 4.78 is 25.3. The highest BCUT2D eigenvalue weighted by Crippen LogP contribution is 2.41. The molecule has 6 heteroatoms. The molecule has 2 heterocycles. The van der Waals surface area contributed by atoms with Gasteiger partial charge in [0.05, 0.1) is 23.6 Å². The molecule has 0 bridgehead atoms. The minimum absolute atomic E-state index is 0.0198. The number of amides is 1. The number of hydrogen-bond donors (Lipinski definition) is 0. The van der Waals surface area contributed by atoms with Crippen LogP contribution in [0.3, 0.4) is 0 Å². The minimum Gasteiger partial charge on any atom is -0.494 e. The number of ether oxygens (including phenoxy) is 1. The van der Waals surface area contributed by atoms with Gasteiger partial charge in [0, 0.05) is 5.69 Å². The quantitative estimate of drug-likeness (QED) is 0.437. The van der Waals surface area contributed by atoms with Crippen molar-refractivity contribution in [3.63, 3.8) is 0 Å². The number of aryl methyl sites for hydroxylation is 1. The Morgan fingerprint density at radius 1 is 1.00 bits per heavy atom. The number of halogens is 1. The highest BCUT2D eigenvalue weighted by molar-refractivity contribution is 6.10. The molecule has 160 valence electrons. The molecule has 32 heavy (non-hydrogen) atoms. The Kier molecular flexibility index (Phi) is 4.78. The Balaban J connectivity index is 1.76. The molecule has 1 aliphatic heterocycles. The van der Waals surface area contributed by atoms with Crippen molar-refractivity contribution in [2.75, 3.05) is 11.5 Å². The van der Waals surface area contributed by atoms with Gasteiger partial charge in [-0.05, 0) is 61.9 Å². The van der Waals surface area contributed by atoms with Gasteiger partial charge in [-0.3, -0.25) is 14.5 Å². The van der Waals surface area contributed by atoms with Crippen LogP contribution < -0.4 is 15.1 Å². The van der Waals surface area contributed by atoms with Gasteiger partial charge in [0.1, 0.15) is 17.1 Å². The van der Waals surface area contributed by atoms with E-state index in [0.29, 0.717) is 18.0 Å². The molecule has 0 spiro atoms. The van der Waals surface area contributed by atoms with Gasteiger partial charge in [-0.25, -0.2) is 4.39 Å². The van der Waals surface area contributed by atoms with Crippen molar-refractivity contribution in [3.05, 3.63) is 105 Å². The van der Waals surface area contributed by atoms with Crippen LogP contribution in [0, 0.1) is 12.7 Å². The second kappa shape index (κ2) is 7.64. The molecule has 5 nitrogen and oxygen atoms in total. The maximum Gasteiger partial charge on any atom is 0.295 e. The smallest absolute Gasteiger partial charge is 0.295 e. The van der Waals surface area contributed by atoms with E-state index in [-0.39, 0.29) is 22.3 Å². The standard InChI is InChI=1S/C26H20FNO4/c1-3-31-19-11-6-16(7-12-19)23-22-24(29)20-14-17(27)8-13-21(20)32-25(22)26(30)28(23)18-9-4-15(2)5-10-18/h4-14,23H,3H2,1-2H3. The van der Waals surface area contributed by atoms with Crippen molar-refractivity contribution in [2.24, 2.45) is 0 Å². The molecule has 1 atom stereocenters. The fourth-order valence-corrected chi connectivity index (χ4v) is 4.15. The third-order valence-corrected chi connectivity index (χ3v) is 5.65. The lowest BCUT2D eigenvalue weighted by Crippen LogP contribution is -2.29. The Morgan fingerprint density at radius 2 is 1.72 bits per heavy atom. The average Bonchev–Trinajstić information content (AvgIpc) is 3.08. The van der Waals surface area contributed by atoms with Crippen LogP contribution in [0.5, 0.6) is 5.75 Å². The van der Waals surface area contributed by atoms with Crippen molar-refractivity contribution < 1.29 is 18.3 Å². The first-order chi connectivity index (χ1) is 15.5. The minimum atomic E-state index is -0.709. The van der Waals surface area contributed by atoms with Crippen LogP contribution in [-0.4, -0.2) is 12.5 Å². The van der Waals surface area contributed by atoms with Gasteiger partial charge in [0.25, 0.3) is 5.91 Å². The number of nitrogens with zero attached hydrogens (tertiary/aromatic N) is 1. The topological polar surface area (TPSA) is 59.8 Å². The Hall–Kier alpha value is -3.93. The monoisotopic (exact) mass is 429 g/mol. The molecule has 1 amide bonds. The lowest BCUT2D eigenvalue weighted by Gasteiger charge is -2.25. The van der Waals surface area contributed by atoms with E-state index in [1.165, 1.54) is 12.1 Å². The van der Waals surface area contributed by atoms with E-state index in [1.807, 2.05) is 50.2 Å². The second-order valence-corrected chi connectivity index (χ2v) is 7.73. The Bertz CT molecular complexity index is 1390. The van der Waals surface area contributed by atoms with E-state index in [2.05, 4.69) is 0 Å². The van der Waals surface area contributed by atoms with Gasteiger partial charge in [-0.15, -0.1) is 0 Å². The van der Waals surface area contributed by atoms with Crippen LogP contribution >= 0.6 is 0 Å². The van der Waals surface area contributed by atoms with Gasteiger partial charge < -0.3 is 9.15 Å². The number of hydrogen-bond acceptors (Lipinski definition) is 4. The molecule has 0 radical (unpaired) electrons. The molecule has 3 aromatic carbocycles. The molecule has 5 rings (SSSR count). The molecule has 1 aliphatic rings. The first-order valence-corrected chi connectivity index (χ1v) is 10.4. The molecule has 0 fully saturated rings. The maximum absolute atomic E-state index is 13.9. The lowest BCUT2D eigenvalue weighted by molar-refractivity contribution is 0.0971. The van der Waals surface area contributed by atoms with E-state index in [4.69, 9.17) is 9.15 Å². The van der Waals surface area contributed by atoms with Gasteiger partial charge in [0.2, 0.25) is 5.76 Å². The largest absolute Gasteiger partial charge is 0.494 e. The number of anilines is 1. The first kappa shape index (κ1) is 20.0. The summed E-state index contributed by atoms with van der Waals surface area (Å²) in [5.41, 5.74) is 2.38. The average molecular weight is 429 g/mol. The van der Waals surface area contributed by atoms with Crippen LogP contribution in [-0.2, 0) is 0 Å². The third kappa shape index (κ3) is 3.15. The second-order valence-electron chi connectivity index (χ2n) is 7.73. The predicted molar refractivity (Wildman–Crippen MR) is 120 cm³/mol. The number of carbonyl (C=O) groups is 1. The van der Waals surface area contributed by atoms with Gasteiger partial charge in [-0.1, -0.05) is 29.8 Å². The fourth-order valence-electron chi connectivity index (χ4n) is 4.15. The van der Waals surface area contributed by atoms with Crippen molar-refractivity contribution in [3.8, 4) is 5.75 Å². The van der Waals surface area contributed by atoms with Crippen molar-refractivity contribution in [2.45, 2.75) is 19.9 Å². The molecule has 0 aliphatic carbocycles. The summed E-state index contributed by atoms with van der Waals surface area (Å²) in [6, 6.07) is 17.8. The molecular weight excluding hydrogens is 409 g/mol. The van der Waals surface area contributed by atoms with E-state index >= 15 is 0 Å². The summed E-state index contributed by atoms with van der Waals surface area (Å²) in [5.74, 6) is -0.281. The van der Waals surface area contributed by atoms with E-state index in [9.17, 15) is 14.0 Å².